The highest BCUT2D eigenvalue weighted by atomic mass is 32.2. The van der Waals surface area contributed by atoms with Gasteiger partial charge in [-0.3, -0.25) is 4.79 Å². The van der Waals surface area contributed by atoms with Gasteiger partial charge < -0.3 is 28.5 Å². The number of esters is 1. The molecular formula is C22H26O7S2. The van der Waals surface area contributed by atoms with Crippen LogP contribution in [0, 0.1) is 11.8 Å². The Bertz CT molecular complexity index is 884. The Morgan fingerprint density at radius 3 is 2.35 bits per heavy atom. The maximum atomic E-state index is 12.9. The van der Waals surface area contributed by atoms with Gasteiger partial charge in [0.1, 0.15) is 9.84 Å². The highest BCUT2D eigenvalue weighted by Crippen LogP contribution is 2.60. The number of aliphatic hydroxyl groups excluding tert-OH is 1. The molecule has 0 unspecified atom stereocenters. The largest absolute Gasteiger partial charge is 0.493 e. The Morgan fingerprint density at radius 1 is 1.13 bits per heavy atom. The predicted molar refractivity (Wildman–Crippen MR) is 119 cm³/mol. The summed E-state index contributed by atoms with van der Waals surface area (Å²) in [4.78, 5) is 12.9. The molecule has 2 aliphatic heterocycles. The normalized spacial score (nSPS) is 23.8. The van der Waals surface area contributed by atoms with Crippen molar-refractivity contribution in [3.05, 3.63) is 41.9 Å². The van der Waals surface area contributed by atoms with E-state index in [-0.39, 0.29) is 12.5 Å². The zero-order valence-electron chi connectivity index (χ0n) is 17.7. The van der Waals surface area contributed by atoms with Gasteiger partial charge in [-0.15, -0.1) is 23.5 Å². The predicted octanol–water partition coefficient (Wildman–Crippen LogP) is 3.85. The second-order valence-corrected chi connectivity index (χ2v) is 10.3. The average molecular weight is 467 g/mol. The smallest absolute Gasteiger partial charge is 0.312 e. The number of methoxy groups -OCH3 is 3. The lowest BCUT2D eigenvalue weighted by Gasteiger charge is -2.40. The zero-order chi connectivity index (χ0) is 22.0. The highest BCUT2D eigenvalue weighted by Gasteiger charge is 2.56. The maximum absolute atomic E-state index is 12.9. The summed E-state index contributed by atoms with van der Waals surface area (Å²) in [5, 5.41) is 11.4. The number of thioether (sulfide) groups is 2. The molecule has 3 heterocycles. The molecule has 2 fully saturated rings. The van der Waals surface area contributed by atoms with E-state index in [2.05, 4.69) is 0 Å². The van der Waals surface area contributed by atoms with E-state index >= 15 is 0 Å². The molecule has 0 aliphatic carbocycles. The van der Waals surface area contributed by atoms with Gasteiger partial charge in [0.15, 0.2) is 11.5 Å². The fraction of sp³-hybridized carbons (Fsp3) is 0.500. The fourth-order valence-corrected chi connectivity index (χ4v) is 7.85. The van der Waals surface area contributed by atoms with Crippen molar-refractivity contribution in [3.8, 4) is 17.2 Å². The van der Waals surface area contributed by atoms with Crippen LogP contribution in [-0.2, 0) is 13.6 Å². The average Bonchev–Trinajstić information content (AvgIpc) is 3.48. The minimum Gasteiger partial charge on any atom is -0.493 e. The summed E-state index contributed by atoms with van der Waals surface area (Å²) in [6.45, 7) is 0.228. The van der Waals surface area contributed by atoms with Gasteiger partial charge in [0, 0.05) is 5.92 Å². The Hall–Kier alpha value is -1.97. The number of carbonyl (C=O) groups is 1. The first kappa shape index (κ1) is 22.2. The summed E-state index contributed by atoms with van der Waals surface area (Å²) >= 11 is 3.52. The van der Waals surface area contributed by atoms with Gasteiger partial charge >= 0.3 is 5.97 Å². The van der Waals surface area contributed by atoms with Gasteiger partial charge in [-0.2, -0.15) is 0 Å². The molecule has 2 aliphatic rings. The Labute approximate surface area is 189 Å². The van der Waals surface area contributed by atoms with Gasteiger partial charge in [0.25, 0.3) is 0 Å². The second-order valence-electron chi connectivity index (χ2n) is 7.36. The third-order valence-corrected chi connectivity index (χ3v) is 9.31. The third kappa shape index (κ3) is 3.87. The molecule has 0 radical (unpaired) electrons. The second kappa shape index (κ2) is 9.26. The van der Waals surface area contributed by atoms with Crippen molar-refractivity contribution in [3.63, 3.8) is 0 Å². The van der Waals surface area contributed by atoms with Crippen LogP contribution in [0.3, 0.4) is 0 Å². The van der Waals surface area contributed by atoms with Crippen LogP contribution >= 0.6 is 23.5 Å². The van der Waals surface area contributed by atoms with Crippen molar-refractivity contribution in [2.24, 2.45) is 11.8 Å². The molecule has 1 N–H and O–H groups in total. The first-order valence-corrected chi connectivity index (χ1v) is 12.0. The summed E-state index contributed by atoms with van der Waals surface area (Å²) in [7, 11) is 4.55. The van der Waals surface area contributed by atoms with E-state index in [0.29, 0.717) is 22.8 Å². The molecule has 0 amide bonds. The van der Waals surface area contributed by atoms with E-state index in [1.165, 1.54) is 21.3 Å². The van der Waals surface area contributed by atoms with Gasteiger partial charge in [-0.25, -0.2) is 0 Å². The Kier molecular flexibility index (Phi) is 6.64. The number of hydrogen-bond donors (Lipinski definition) is 1. The summed E-state index contributed by atoms with van der Waals surface area (Å²) < 4.78 is 27.0. The third-order valence-electron chi connectivity index (χ3n) is 5.75. The maximum Gasteiger partial charge on any atom is 0.312 e. The Balaban J connectivity index is 1.74. The van der Waals surface area contributed by atoms with Gasteiger partial charge in [-0.1, -0.05) is 0 Å². The quantitative estimate of drug-likeness (QED) is 0.611. The first-order valence-electron chi connectivity index (χ1n) is 10.0. The van der Waals surface area contributed by atoms with E-state index in [4.69, 9.17) is 23.4 Å². The molecule has 7 nitrogen and oxygen atoms in total. The minimum absolute atomic E-state index is 0.228. The van der Waals surface area contributed by atoms with Gasteiger partial charge in [0.05, 0.1) is 46.2 Å². The zero-order valence-corrected chi connectivity index (χ0v) is 19.3. The first-order chi connectivity index (χ1) is 15.1. The highest BCUT2D eigenvalue weighted by molar-refractivity contribution is 8.18. The van der Waals surface area contributed by atoms with Crippen molar-refractivity contribution >= 4 is 29.5 Å². The van der Waals surface area contributed by atoms with Gasteiger partial charge in [0.2, 0.25) is 5.75 Å². The number of aliphatic hydroxyl groups is 1. The van der Waals surface area contributed by atoms with Crippen molar-refractivity contribution < 1.29 is 33.3 Å². The summed E-state index contributed by atoms with van der Waals surface area (Å²) in [5.41, 5.74) is 0.503. The molecule has 3 atom stereocenters. The Morgan fingerprint density at radius 2 is 1.81 bits per heavy atom. The van der Waals surface area contributed by atoms with Crippen LogP contribution in [0.5, 0.6) is 17.2 Å². The van der Waals surface area contributed by atoms with E-state index in [1.807, 2.05) is 12.1 Å². The van der Waals surface area contributed by atoms with Crippen LogP contribution in [0.15, 0.2) is 34.9 Å². The monoisotopic (exact) mass is 466 g/mol. The van der Waals surface area contributed by atoms with Crippen molar-refractivity contribution in [1.82, 2.24) is 0 Å². The van der Waals surface area contributed by atoms with Crippen LogP contribution in [0.4, 0.5) is 0 Å². The number of benzene rings is 1. The molecule has 1 aromatic carbocycles. The molecule has 2 saturated heterocycles. The molecule has 4 rings (SSSR count). The number of hydrogen-bond acceptors (Lipinski definition) is 9. The number of carbonyl (C=O) groups excluding carboxylic acids is 1. The molecule has 2 aromatic rings. The molecular weight excluding hydrogens is 440 g/mol. The summed E-state index contributed by atoms with van der Waals surface area (Å²) in [6.07, 6.45) is 1.62. The summed E-state index contributed by atoms with van der Waals surface area (Å²) in [5.74, 6) is 2.52. The van der Waals surface area contributed by atoms with Crippen LogP contribution < -0.4 is 14.2 Å². The SMILES string of the molecule is COc1cc([C@@H](O)[C@@H]2C(=O)OC[C@H]2C2(c3ccco3)SCCCS2)cc(OC)c1OC. The lowest BCUT2D eigenvalue weighted by molar-refractivity contribution is -0.144. The minimum atomic E-state index is -1.11. The van der Waals surface area contributed by atoms with E-state index in [0.717, 1.165) is 23.7 Å². The number of rotatable bonds is 7. The lowest BCUT2D eigenvalue weighted by Crippen LogP contribution is -2.39. The van der Waals surface area contributed by atoms with Crippen molar-refractivity contribution in [1.29, 1.82) is 0 Å². The number of furan rings is 1. The molecule has 168 valence electrons. The molecule has 0 saturated carbocycles. The van der Waals surface area contributed by atoms with Crippen molar-refractivity contribution in [2.45, 2.75) is 16.6 Å². The van der Waals surface area contributed by atoms with Crippen LogP contribution in [0.25, 0.3) is 0 Å². The number of ether oxygens (including phenoxy) is 4. The summed E-state index contributed by atoms with van der Waals surface area (Å²) in [6, 6.07) is 7.15. The lowest BCUT2D eigenvalue weighted by atomic mass is 9.83. The molecule has 1 aromatic heterocycles. The molecule has 0 spiro atoms. The molecule has 9 heteroatoms. The van der Waals surface area contributed by atoms with Crippen molar-refractivity contribution in [2.75, 3.05) is 39.4 Å². The van der Waals surface area contributed by atoms with Gasteiger partial charge in [-0.05, 0) is 47.8 Å². The molecule has 31 heavy (non-hydrogen) atoms. The topological polar surface area (TPSA) is 87.4 Å². The van der Waals surface area contributed by atoms with Crippen LogP contribution in [0.1, 0.15) is 23.8 Å². The number of cyclic esters (lactones) is 1. The van der Waals surface area contributed by atoms with E-state index < -0.39 is 22.1 Å². The van der Waals surface area contributed by atoms with Crippen LogP contribution in [-0.4, -0.2) is 50.5 Å². The van der Waals surface area contributed by atoms with E-state index in [1.54, 1.807) is 41.9 Å². The van der Waals surface area contributed by atoms with Crippen LogP contribution in [0.2, 0.25) is 0 Å². The molecule has 0 bridgehead atoms. The standard InChI is InChI=1S/C22H26O7S2/c1-25-15-10-13(11-16(26-2)20(15)27-3)19(23)18-14(12-29-21(18)24)22(17-6-4-7-28-17)30-8-5-9-31-22/h4,6-7,10-11,14,18-19,23H,5,8-9,12H2,1-3H3/t14-,18-,19-/m1/s1. The van der Waals surface area contributed by atoms with E-state index in [9.17, 15) is 9.90 Å². The fourth-order valence-electron chi connectivity index (χ4n) is 4.27.